The van der Waals surface area contributed by atoms with Gasteiger partial charge < -0.3 is 34.6 Å². The zero-order chi connectivity index (χ0) is 28.3. The quantitative estimate of drug-likeness (QED) is 0.550. The maximum atomic E-state index is 12.5. The van der Waals surface area contributed by atoms with Gasteiger partial charge in [0, 0.05) is 50.0 Å². The summed E-state index contributed by atoms with van der Waals surface area (Å²) in [5, 5.41) is 11.6. The summed E-state index contributed by atoms with van der Waals surface area (Å²) in [5.74, 6) is 1.34. The maximum Gasteiger partial charge on any atom is 0.410 e. The number of piperidine rings is 2. The summed E-state index contributed by atoms with van der Waals surface area (Å²) < 4.78 is 19.2. The van der Waals surface area contributed by atoms with Crippen LogP contribution in [0.2, 0.25) is 0 Å². The van der Waals surface area contributed by atoms with Crippen molar-refractivity contribution in [1.29, 1.82) is 0 Å². The normalized spacial score (nSPS) is 22.4. The van der Waals surface area contributed by atoms with E-state index < -0.39 is 5.60 Å². The molecule has 2 aromatic rings. The third-order valence-electron chi connectivity index (χ3n) is 7.60. The molecule has 12 heteroatoms. The molecule has 5 rings (SSSR count). The number of anilines is 1. The van der Waals surface area contributed by atoms with Gasteiger partial charge in [-0.1, -0.05) is 6.92 Å². The third-order valence-corrected chi connectivity index (χ3v) is 7.60. The Bertz CT molecular complexity index is 1180. The van der Waals surface area contributed by atoms with E-state index in [1.807, 2.05) is 33.0 Å². The number of likely N-dealkylation sites (tertiary alicyclic amines) is 2. The molecule has 220 valence electrons. The molecule has 12 nitrogen and oxygen atoms in total. The van der Waals surface area contributed by atoms with Crippen molar-refractivity contribution in [3.05, 3.63) is 17.8 Å². The molecular weight excluding hydrogens is 514 g/mol. The number of hydrogen-bond donors (Lipinski definition) is 2. The number of carbonyl (C=O) groups excluding carboxylic acids is 2. The summed E-state index contributed by atoms with van der Waals surface area (Å²) >= 11 is 0. The zero-order valence-electron chi connectivity index (χ0n) is 24.1. The van der Waals surface area contributed by atoms with Crippen molar-refractivity contribution in [1.82, 2.24) is 29.7 Å². The summed E-state index contributed by atoms with van der Waals surface area (Å²) in [6, 6.07) is 2.03. The highest BCUT2D eigenvalue weighted by Gasteiger charge is 2.30. The Morgan fingerprint density at radius 3 is 2.58 bits per heavy atom. The minimum atomic E-state index is -0.530. The molecule has 40 heavy (non-hydrogen) atoms. The topological polar surface area (TPSA) is 123 Å². The van der Waals surface area contributed by atoms with E-state index in [1.165, 1.54) is 0 Å². The fraction of sp³-hybridized carbons (Fsp3) is 0.714. The molecule has 3 saturated heterocycles. The monoisotopic (exact) mass is 557 g/mol. The molecule has 2 N–H and O–H groups in total. The molecule has 2 amide bonds. The van der Waals surface area contributed by atoms with E-state index in [-0.39, 0.29) is 30.4 Å². The summed E-state index contributed by atoms with van der Waals surface area (Å²) in [6.45, 7) is 11.8. The molecule has 1 unspecified atom stereocenters. The van der Waals surface area contributed by atoms with Crippen LogP contribution in [-0.2, 0) is 15.9 Å². The van der Waals surface area contributed by atoms with E-state index in [0.29, 0.717) is 32.1 Å². The fourth-order valence-electron chi connectivity index (χ4n) is 5.51. The summed E-state index contributed by atoms with van der Waals surface area (Å²) in [7, 11) is 0. The van der Waals surface area contributed by atoms with Crippen LogP contribution in [0.1, 0.15) is 65.4 Å². The average Bonchev–Trinajstić information content (AvgIpc) is 3.55. The van der Waals surface area contributed by atoms with Gasteiger partial charge in [0.15, 0.2) is 11.5 Å². The lowest BCUT2D eigenvalue weighted by atomic mass is 10.1. The van der Waals surface area contributed by atoms with Gasteiger partial charge in [-0.15, -0.1) is 5.10 Å². The number of hydrogen-bond acceptors (Lipinski definition) is 9. The summed E-state index contributed by atoms with van der Waals surface area (Å²) in [6.07, 6.45) is 6.18. The van der Waals surface area contributed by atoms with Gasteiger partial charge in [0.05, 0.1) is 6.54 Å². The smallest absolute Gasteiger partial charge is 0.410 e. The lowest BCUT2D eigenvalue weighted by Crippen LogP contribution is -2.46. The Morgan fingerprint density at radius 1 is 1.07 bits per heavy atom. The van der Waals surface area contributed by atoms with Crippen molar-refractivity contribution < 1.29 is 23.8 Å². The van der Waals surface area contributed by atoms with E-state index in [0.717, 1.165) is 68.6 Å². The van der Waals surface area contributed by atoms with Crippen molar-refractivity contribution in [3.8, 4) is 5.88 Å². The van der Waals surface area contributed by atoms with Crippen molar-refractivity contribution in [2.45, 2.75) is 90.1 Å². The van der Waals surface area contributed by atoms with Crippen molar-refractivity contribution in [3.63, 3.8) is 0 Å². The number of amides is 2. The largest absolute Gasteiger partial charge is 0.472 e. The van der Waals surface area contributed by atoms with Gasteiger partial charge in [-0.3, -0.25) is 0 Å². The molecule has 3 aliphatic rings. The van der Waals surface area contributed by atoms with E-state index in [4.69, 9.17) is 24.3 Å². The molecule has 0 saturated carbocycles. The Balaban J connectivity index is 1.18. The number of aromatic nitrogens is 3. The van der Waals surface area contributed by atoms with Crippen LogP contribution in [0.3, 0.4) is 0 Å². The van der Waals surface area contributed by atoms with Gasteiger partial charge in [0.1, 0.15) is 17.8 Å². The predicted molar refractivity (Wildman–Crippen MR) is 150 cm³/mol. The number of nitrogens with one attached hydrogen (secondary N) is 2. The zero-order valence-corrected chi connectivity index (χ0v) is 24.1. The molecule has 3 aliphatic heterocycles. The highest BCUT2D eigenvalue weighted by molar-refractivity contribution is 5.69. The molecule has 5 heterocycles. The average molecular weight is 558 g/mol. The first-order valence-electron chi connectivity index (χ1n) is 14.6. The second-order valence-corrected chi connectivity index (χ2v) is 11.9. The first-order valence-corrected chi connectivity index (χ1v) is 14.6. The highest BCUT2D eigenvalue weighted by atomic mass is 16.6. The van der Waals surface area contributed by atoms with E-state index >= 15 is 0 Å². The molecule has 0 aliphatic carbocycles. The molecule has 0 spiro atoms. The van der Waals surface area contributed by atoms with Crippen LogP contribution >= 0.6 is 0 Å². The minimum absolute atomic E-state index is 0.0168. The van der Waals surface area contributed by atoms with Crippen LogP contribution in [0.25, 0.3) is 5.65 Å². The van der Waals surface area contributed by atoms with E-state index in [2.05, 4.69) is 17.6 Å². The molecular formula is C28H43N7O5. The second kappa shape index (κ2) is 12.1. The van der Waals surface area contributed by atoms with Gasteiger partial charge in [0.25, 0.3) is 0 Å². The lowest BCUT2D eigenvalue weighted by Gasteiger charge is -2.33. The SMILES string of the molecule is CCc1c(NC2CCN(C(=O)O[C@@H]3CCNC3)CC2)nn2ccc(OC3CCCN(C(=O)OC(C)(C)C)C3)nc12. The van der Waals surface area contributed by atoms with Crippen LogP contribution in [0.15, 0.2) is 12.3 Å². The fourth-order valence-corrected chi connectivity index (χ4v) is 5.51. The van der Waals surface area contributed by atoms with Crippen molar-refractivity contribution in [2.24, 2.45) is 0 Å². The minimum Gasteiger partial charge on any atom is -0.472 e. The van der Waals surface area contributed by atoms with Crippen LogP contribution in [0.5, 0.6) is 5.88 Å². The Morgan fingerprint density at radius 2 is 1.88 bits per heavy atom. The van der Waals surface area contributed by atoms with Gasteiger partial charge in [-0.2, -0.15) is 4.98 Å². The first kappa shape index (κ1) is 28.3. The molecule has 0 radical (unpaired) electrons. The molecule has 3 fully saturated rings. The van der Waals surface area contributed by atoms with Crippen LogP contribution in [0.4, 0.5) is 15.4 Å². The Labute approximate surface area is 235 Å². The maximum absolute atomic E-state index is 12.5. The first-order chi connectivity index (χ1) is 19.2. The molecule has 2 atom stereocenters. The van der Waals surface area contributed by atoms with Crippen molar-refractivity contribution in [2.75, 3.05) is 44.6 Å². The lowest BCUT2D eigenvalue weighted by molar-refractivity contribution is 0.00722. The number of nitrogens with zero attached hydrogens (tertiary/aromatic N) is 5. The van der Waals surface area contributed by atoms with Crippen LogP contribution in [-0.4, -0.2) is 99.7 Å². The van der Waals surface area contributed by atoms with E-state index in [1.54, 1.807) is 14.3 Å². The van der Waals surface area contributed by atoms with Crippen LogP contribution < -0.4 is 15.4 Å². The van der Waals surface area contributed by atoms with Gasteiger partial charge in [-0.05, 0) is 65.8 Å². The number of aryl methyl sites for hydroxylation is 1. The number of fused-ring (bicyclic) bond motifs is 1. The highest BCUT2D eigenvalue weighted by Crippen LogP contribution is 2.26. The molecule has 0 bridgehead atoms. The van der Waals surface area contributed by atoms with Crippen molar-refractivity contribution >= 4 is 23.7 Å². The Hall–Kier alpha value is -3.28. The summed E-state index contributed by atoms with van der Waals surface area (Å²) in [5.41, 5.74) is 1.26. The summed E-state index contributed by atoms with van der Waals surface area (Å²) in [4.78, 5) is 33.4. The van der Waals surface area contributed by atoms with Gasteiger partial charge in [-0.25, -0.2) is 14.1 Å². The van der Waals surface area contributed by atoms with Gasteiger partial charge in [0.2, 0.25) is 5.88 Å². The standard InChI is InChI=1S/C28H43N7O5/c1-5-22-24(30-19-9-14-33(15-10-19)26(36)39-20-8-12-29-17-20)32-35-16-11-23(31-25(22)35)38-21-7-6-13-34(18-21)27(37)40-28(2,3)4/h11,16,19-21,29H,5-10,12-15,17-18H2,1-4H3,(H,30,32)/t20-,21?/m1/s1. The number of rotatable bonds is 6. The number of ether oxygens (including phenoxy) is 3. The predicted octanol–water partition coefficient (Wildman–Crippen LogP) is 3.44. The molecule has 2 aromatic heterocycles. The third kappa shape index (κ3) is 6.89. The van der Waals surface area contributed by atoms with E-state index in [9.17, 15) is 9.59 Å². The van der Waals surface area contributed by atoms with Crippen LogP contribution in [0, 0.1) is 0 Å². The molecule has 0 aromatic carbocycles. The van der Waals surface area contributed by atoms with Gasteiger partial charge >= 0.3 is 12.2 Å². The Kier molecular flexibility index (Phi) is 8.53. The number of carbonyl (C=O) groups is 2. The second-order valence-electron chi connectivity index (χ2n) is 11.9.